The third kappa shape index (κ3) is 3.94. The number of rotatable bonds is 6. The van der Waals surface area contributed by atoms with Crippen LogP contribution in [0, 0.1) is 5.82 Å². The first kappa shape index (κ1) is 13.8. The predicted molar refractivity (Wildman–Crippen MR) is 72.8 cm³/mol. The van der Waals surface area contributed by atoms with Gasteiger partial charge in [-0.3, -0.25) is 4.68 Å². The molecule has 0 fully saturated rings. The van der Waals surface area contributed by atoms with Crippen molar-refractivity contribution in [2.45, 2.75) is 13.1 Å². The molecule has 2 rings (SSSR count). The van der Waals surface area contributed by atoms with E-state index in [1.165, 1.54) is 6.07 Å². The highest BCUT2D eigenvalue weighted by Crippen LogP contribution is 2.17. The monoisotopic (exact) mass is 283 g/mol. The Balaban J connectivity index is 1.91. The van der Waals surface area contributed by atoms with Crippen LogP contribution in [0.25, 0.3) is 0 Å². The number of anilines is 1. The van der Waals surface area contributed by atoms with E-state index in [2.05, 4.69) is 10.4 Å². The summed E-state index contributed by atoms with van der Waals surface area (Å²) in [5, 5.41) is 7.52. The minimum atomic E-state index is -0.405. The van der Waals surface area contributed by atoms with Gasteiger partial charge in [0.05, 0.1) is 30.1 Å². The zero-order valence-electron chi connectivity index (χ0n) is 10.6. The summed E-state index contributed by atoms with van der Waals surface area (Å²) >= 11 is 5.72. The van der Waals surface area contributed by atoms with Crippen molar-refractivity contribution in [2.24, 2.45) is 0 Å². The average molecular weight is 284 g/mol. The largest absolute Gasteiger partial charge is 0.383 e. The van der Waals surface area contributed by atoms with Crippen molar-refractivity contribution in [3.05, 3.63) is 47.0 Å². The van der Waals surface area contributed by atoms with Crippen LogP contribution in [-0.4, -0.2) is 23.5 Å². The Morgan fingerprint density at radius 1 is 1.47 bits per heavy atom. The second kappa shape index (κ2) is 6.54. The number of aromatic nitrogens is 2. The van der Waals surface area contributed by atoms with Gasteiger partial charge in [-0.2, -0.15) is 5.10 Å². The fourth-order valence-corrected chi connectivity index (χ4v) is 1.82. The van der Waals surface area contributed by atoms with Crippen LogP contribution >= 0.6 is 11.6 Å². The van der Waals surface area contributed by atoms with Crippen LogP contribution in [0.4, 0.5) is 10.1 Å². The minimum absolute atomic E-state index is 0.134. The molecule has 0 radical (unpaired) electrons. The van der Waals surface area contributed by atoms with Gasteiger partial charge in [-0.1, -0.05) is 17.7 Å². The lowest BCUT2D eigenvalue weighted by molar-refractivity contribution is 0.183. The molecule has 0 aliphatic heterocycles. The number of nitrogens with one attached hydrogen (secondary N) is 1. The maximum Gasteiger partial charge on any atom is 0.141 e. The van der Waals surface area contributed by atoms with E-state index in [1.807, 2.05) is 6.20 Å². The lowest BCUT2D eigenvalue weighted by atomic mass is 10.2. The molecule has 102 valence electrons. The van der Waals surface area contributed by atoms with E-state index in [1.54, 1.807) is 30.1 Å². The van der Waals surface area contributed by atoms with Crippen molar-refractivity contribution < 1.29 is 9.13 Å². The van der Waals surface area contributed by atoms with Crippen LogP contribution in [0.5, 0.6) is 0 Å². The first-order valence-electron chi connectivity index (χ1n) is 5.88. The van der Waals surface area contributed by atoms with Crippen LogP contribution < -0.4 is 5.32 Å². The molecule has 0 bridgehead atoms. The Labute approximate surface area is 116 Å². The number of halogens is 2. The smallest absolute Gasteiger partial charge is 0.141 e. The molecule has 0 aliphatic carbocycles. The number of hydrogen-bond acceptors (Lipinski definition) is 3. The SMILES string of the molecule is COCCn1cc(NCc2ccc(F)c(Cl)c2)cn1. The Morgan fingerprint density at radius 3 is 3.05 bits per heavy atom. The van der Waals surface area contributed by atoms with Gasteiger partial charge < -0.3 is 10.1 Å². The molecule has 1 N–H and O–H groups in total. The van der Waals surface area contributed by atoms with Crippen molar-refractivity contribution in [1.29, 1.82) is 0 Å². The normalized spacial score (nSPS) is 10.7. The Hall–Kier alpha value is -1.59. The molecule has 2 aromatic rings. The summed E-state index contributed by atoms with van der Waals surface area (Å²) in [6, 6.07) is 4.67. The Bertz CT molecular complexity index is 544. The quantitative estimate of drug-likeness (QED) is 0.886. The van der Waals surface area contributed by atoms with Crippen LogP contribution in [0.3, 0.4) is 0 Å². The zero-order valence-corrected chi connectivity index (χ0v) is 11.3. The standard InChI is InChI=1S/C13H15ClFN3O/c1-19-5-4-18-9-11(8-17-18)16-7-10-2-3-13(15)12(14)6-10/h2-3,6,8-9,16H,4-5,7H2,1H3. The first-order valence-corrected chi connectivity index (χ1v) is 6.26. The van der Waals surface area contributed by atoms with Gasteiger partial charge in [-0.15, -0.1) is 0 Å². The molecule has 1 aromatic carbocycles. The van der Waals surface area contributed by atoms with Gasteiger partial charge in [0.25, 0.3) is 0 Å². The van der Waals surface area contributed by atoms with Gasteiger partial charge in [0.15, 0.2) is 0 Å². The van der Waals surface area contributed by atoms with Gasteiger partial charge >= 0.3 is 0 Å². The molecule has 19 heavy (non-hydrogen) atoms. The fraction of sp³-hybridized carbons (Fsp3) is 0.308. The maximum absolute atomic E-state index is 13.0. The van der Waals surface area contributed by atoms with Crippen molar-refractivity contribution >= 4 is 17.3 Å². The molecule has 0 unspecified atom stereocenters. The summed E-state index contributed by atoms with van der Waals surface area (Å²) in [5.74, 6) is -0.405. The summed E-state index contributed by atoms with van der Waals surface area (Å²) < 4.78 is 19.8. The van der Waals surface area contributed by atoms with E-state index in [0.717, 1.165) is 11.3 Å². The molecular formula is C13H15ClFN3O. The minimum Gasteiger partial charge on any atom is -0.383 e. The molecule has 0 saturated heterocycles. The molecule has 0 spiro atoms. The molecule has 1 aromatic heterocycles. The van der Waals surface area contributed by atoms with Crippen LogP contribution in [0.2, 0.25) is 5.02 Å². The van der Waals surface area contributed by atoms with E-state index < -0.39 is 5.82 Å². The van der Waals surface area contributed by atoms with E-state index in [4.69, 9.17) is 16.3 Å². The third-order valence-corrected chi connectivity index (χ3v) is 2.93. The zero-order chi connectivity index (χ0) is 13.7. The maximum atomic E-state index is 13.0. The number of benzene rings is 1. The second-order valence-corrected chi connectivity index (χ2v) is 4.49. The summed E-state index contributed by atoms with van der Waals surface area (Å²) in [7, 11) is 1.65. The summed E-state index contributed by atoms with van der Waals surface area (Å²) in [6.07, 6.45) is 3.63. The number of methoxy groups -OCH3 is 1. The average Bonchev–Trinajstić information content (AvgIpc) is 2.86. The number of nitrogens with zero attached hydrogens (tertiary/aromatic N) is 2. The van der Waals surface area contributed by atoms with Crippen molar-refractivity contribution in [1.82, 2.24) is 9.78 Å². The molecule has 0 saturated carbocycles. The predicted octanol–water partition coefficient (Wildman–Crippen LogP) is 2.93. The van der Waals surface area contributed by atoms with Crippen molar-refractivity contribution in [3.8, 4) is 0 Å². The summed E-state index contributed by atoms with van der Waals surface area (Å²) in [4.78, 5) is 0. The number of hydrogen-bond donors (Lipinski definition) is 1. The van der Waals surface area contributed by atoms with E-state index >= 15 is 0 Å². The third-order valence-electron chi connectivity index (χ3n) is 2.64. The summed E-state index contributed by atoms with van der Waals surface area (Å²) in [5.41, 5.74) is 1.81. The van der Waals surface area contributed by atoms with Gasteiger partial charge in [0.1, 0.15) is 5.82 Å². The van der Waals surface area contributed by atoms with Gasteiger partial charge in [0, 0.05) is 19.9 Å². The molecule has 0 aliphatic rings. The van der Waals surface area contributed by atoms with Crippen LogP contribution in [0.1, 0.15) is 5.56 Å². The van der Waals surface area contributed by atoms with Crippen LogP contribution in [-0.2, 0) is 17.8 Å². The highest BCUT2D eigenvalue weighted by atomic mass is 35.5. The van der Waals surface area contributed by atoms with Crippen LogP contribution in [0.15, 0.2) is 30.6 Å². The fourth-order valence-electron chi connectivity index (χ4n) is 1.62. The van der Waals surface area contributed by atoms with Gasteiger partial charge in [-0.25, -0.2) is 4.39 Å². The highest BCUT2D eigenvalue weighted by molar-refractivity contribution is 6.30. The lowest BCUT2D eigenvalue weighted by Gasteiger charge is -2.04. The first-order chi connectivity index (χ1) is 9.19. The van der Waals surface area contributed by atoms with Gasteiger partial charge in [-0.05, 0) is 17.7 Å². The molecule has 1 heterocycles. The topological polar surface area (TPSA) is 39.1 Å². The van der Waals surface area contributed by atoms with Crippen molar-refractivity contribution in [2.75, 3.05) is 19.0 Å². The number of ether oxygens (including phenoxy) is 1. The van der Waals surface area contributed by atoms with Gasteiger partial charge in [0.2, 0.25) is 0 Å². The van der Waals surface area contributed by atoms with E-state index in [0.29, 0.717) is 19.7 Å². The van der Waals surface area contributed by atoms with E-state index in [-0.39, 0.29) is 5.02 Å². The molecule has 4 nitrogen and oxygen atoms in total. The second-order valence-electron chi connectivity index (χ2n) is 4.09. The highest BCUT2D eigenvalue weighted by Gasteiger charge is 2.02. The lowest BCUT2D eigenvalue weighted by Crippen LogP contribution is -2.04. The Kier molecular flexibility index (Phi) is 4.76. The molecular weight excluding hydrogens is 269 g/mol. The Morgan fingerprint density at radius 2 is 2.32 bits per heavy atom. The van der Waals surface area contributed by atoms with E-state index in [9.17, 15) is 4.39 Å². The van der Waals surface area contributed by atoms with Crippen molar-refractivity contribution in [3.63, 3.8) is 0 Å². The molecule has 0 amide bonds. The molecule has 6 heteroatoms. The molecule has 0 atom stereocenters. The summed E-state index contributed by atoms with van der Waals surface area (Å²) in [6.45, 7) is 1.89.